The molecule has 2 aliphatic heterocycles. The maximum atomic E-state index is 5.50. The number of benzene rings is 15. The fraction of sp³-hybridized carbons (Fsp3) is 0. The molecule has 18 aromatic rings. The summed E-state index contributed by atoms with van der Waals surface area (Å²) in [5.41, 5.74) is 29.3. The van der Waals surface area contributed by atoms with E-state index in [1.807, 2.05) is 48.5 Å². The summed E-state index contributed by atoms with van der Waals surface area (Å²) in [6, 6.07) is 137. The number of fused-ring (bicyclic) bond motifs is 7. The summed E-state index contributed by atoms with van der Waals surface area (Å²) in [6.45, 7) is -0.113. The number of hydrogen-bond donors (Lipinski definition) is 0. The minimum Gasteiger partial charge on any atom is -0.311 e. The Bertz CT molecular complexity index is 6090. The van der Waals surface area contributed by atoms with Gasteiger partial charge in [0.15, 0.2) is 23.3 Å². The van der Waals surface area contributed by atoms with Crippen LogP contribution in [0.1, 0.15) is 0 Å². The van der Waals surface area contributed by atoms with E-state index in [0.717, 1.165) is 140 Å². The van der Waals surface area contributed by atoms with E-state index >= 15 is 0 Å². The molecule has 0 saturated heterocycles. The molecule has 0 unspecified atom stereocenters. The SMILES string of the molecule is c1ccc(-c2ccc3c(c2)N(c2ccccc2)c2cc(-c4ccc5c(c4)c4cc(-c6ccccc6)ccc4n5-c4ccc(-c5nc(-c6ccccc6)cc(-c6ccccc6)n5)cc4-c4nc(-c5ccccc5)nc(-c5ccccc5)n4)cc4c2B3c2ccc(-c3ccccc3)cc2N4c2ccccc2)cc1. The molecule has 0 bridgehead atoms. The highest BCUT2D eigenvalue weighted by molar-refractivity contribution is 7.00. The van der Waals surface area contributed by atoms with Crippen molar-refractivity contribution in [1.29, 1.82) is 0 Å². The van der Waals surface area contributed by atoms with Crippen LogP contribution in [0.15, 0.2) is 382 Å². The fourth-order valence-electron chi connectivity index (χ4n) is 15.8. The van der Waals surface area contributed by atoms with Gasteiger partial charge in [-0.2, -0.15) is 0 Å². The van der Waals surface area contributed by atoms with Crippen LogP contribution in [0.25, 0.3) is 140 Å². The van der Waals surface area contributed by atoms with Crippen molar-refractivity contribution in [3.05, 3.63) is 382 Å². The second-order valence-corrected chi connectivity index (χ2v) is 27.1. The van der Waals surface area contributed by atoms with Crippen LogP contribution in [0.4, 0.5) is 34.1 Å². The summed E-state index contributed by atoms with van der Waals surface area (Å²) >= 11 is 0. The van der Waals surface area contributed by atoms with E-state index in [0.29, 0.717) is 23.3 Å². The maximum absolute atomic E-state index is 5.50. The molecular formula is C97H63BN8. The molecule has 0 aliphatic carbocycles. The Morgan fingerprint density at radius 2 is 0.538 bits per heavy atom. The van der Waals surface area contributed by atoms with Crippen LogP contribution < -0.4 is 26.2 Å². The lowest BCUT2D eigenvalue weighted by molar-refractivity contribution is 1.06. The molecule has 9 heteroatoms. The van der Waals surface area contributed by atoms with Gasteiger partial charge in [-0.25, -0.2) is 24.9 Å². The van der Waals surface area contributed by atoms with Gasteiger partial charge in [-0.1, -0.05) is 285 Å². The molecular weight excluding hydrogens is 1290 g/mol. The zero-order valence-electron chi connectivity index (χ0n) is 57.5. The molecule has 494 valence electrons. The van der Waals surface area contributed by atoms with Crippen molar-refractivity contribution in [2.45, 2.75) is 0 Å². The van der Waals surface area contributed by atoms with Crippen molar-refractivity contribution in [1.82, 2.24) is 29.5 Å². The predicted molar refractivity (Wildman–Crippen MR) is 438 cm³/mol. The summed E-state index contributed by atoms with van der Waals surface area (Å²) < 4.78 is 2.41. The third-order valence-electron chi connectivity index (χ3n) is 20.8. The third-order valence-corrected chi connectivity index (χ3v) is 20.8. The minimum absolute atomic E-state index is 0.113. The molecule has 0 spiro atoms. The zero-order chi connectivity index (χ0) is 70.0. The molecule has 0 fully saturated rings. The molecule has 0 amide bonds. The van der Waals surface area contributed by atoms with Gasteiger partial charge < -0.3 is 14.4 Å². The Kier molecular flexibility index (Phi) is 15.2. The van der Waals surface area contributed by atoms with E-state index in [-0.39, 0.29) is 6.71 Å². The standard InChI is InChI=1S/C97H63BN8/c1-10-28-64(29-11-1)71-48-53-86-79(56-71)80-57-72(76-61-91-93-92(62-76)105(78-44-26-9-27-45-78)90-60-74(66-32-14-3-15-33-66)47-52-83(90)98(93)82-51-46-73(65-30-12-2-13-31-65)59-89(82)104(91)77-42-24-8-25-43-77)49-54-87(80)106(86)88-55-50-75(96-99-84(67-34-16-4-17-35-67)63-85(100-96)68-36-18-5-19-37-68)58-81(88)97-102-94(69-38-20-6-21-39-69)101-95(103-97)70-40-22-7-23-41-70/h1-63H. The first-order valence-corrected chi connectivity index (χ1v) is 36.0. The summed E-state index contributed by atoms with van der Waals surface area (Å²) in [6.07, 6.45) is 0. The van der Waals surface area contributed by atoms with Crippen molar-refractivity contribution >= 4 is 79.0 Å². The summed E-state index contributed by atoms with van der Waals surface area (Å²) in [5.74, 6) is 2.18. The Balaban J connectivity index is 0.851. The van der Waals surface area contributed by atoms with Crippen molar-refractivity contribution in [3.8, 4) is 118 Å². The van der Waals surface area contributed by atoms with E-state index in [4.69, 9.17) is 24.9 Å². The molecule has 15 aromatic carbocycles. The highest BCUT2D eigenvalue weighted by atomic mass is 15.2. The summed E-state index contributed by atoms with van der Waals surface area (Å²) in [7, 11) is 0. The van der Waals surface area contributed by atoms with Gasteiger partial charge in [-0.05, 0) is 158 Å². The average molecular weight is 1350 g/mol. The highest BCUT2D eigenvalue weighted by Crippen LogP contribution is 2.49. The Labute approximate surface area is 614 Å². The number of para-hydroxylation sites is 2. The van der Waals surface area contributed by atoms with Crippen LogP contribution in [0.2, 0.25) is 0 Å². The Hall–Kier alpha value is -14.1. The van der Waals surface area contributed by atoms with E-state index < -0.39 is 0 Å². The van der Waals surface area contributed by atoms with Gasteiger partial charge in [0.05, 0.1) is 28.1 Å². The fourth-order valence-corrected chi connectivity index (χ4v) is 15.8. The Morgan fingerprint density at radius 1 is 0.208 bits per heavy atom. The van der Waals surface area contributed by atoms with Gasteiger partial charge in [0.2, 0.25) is 0 Å². The van der Waals surface area contributed by atoms with Crippen LogP contribution in [-0.4, -0.2) is 36.2 Å². The average Bonchev–Trinajstić information content (AvgIpc) is 0.797. The van der Waals surface area contributed by atoms with E-state index in [1.165, 1.54) is 27.5 Å². The monoisotopic (exact) mass is 1350 g/mol. The van der Waals surface area contributed by atoms with Gasteiger partial charge >= 0.3 is 0 Å². The van der Waals surface area contributed by atoms with Crippen molar-refractivity contribution in [2.24, 2.45) is 0 Å². The van der Waals surface area contributed by atoms with Crippen molar-refractivity contribution in [2.75, 3.05) is 9.80 Å². The molecule has 0 atom stereocenters. The first-order valence-electron chi connectivity index (χ1n) is 36.0. The summed E-state index contributed by atoms with van der Waals surface area (Å²) in [4.78, 5) is 32.1. The number of nitrogens with zero attached hydrogens (tertiary/aromatic N) is 8. The van der Waals surface area contributed by atoms with Crippen molar-refractivity contribution < 1.29 is 0 Å². The van der Waals surface area contributed by atoms with Gasteiger partial charge in [0, 0.05) is 78.3 Å². The molecule has 0 saturated carbocycles. The molecule has 5 heterocycles. The predicted octanol–water partition coefficient (Wildman–Crippen LogP) is 22.5. The maximum Gasteiger partial charge on any atom is 0.252 e. The van der Waals surface area contributed by atoms with Gasteiger partial charge in [0.1, 0.15) is 0 Å². The lowest BCUT2D eigenvalue weighted by Gasteiger charge is -2.44. The minimum atomic E-state index is -0.113. The van der Waals surface area contributed by atoms with Gasteiger partial charge in [0.25, 0.3) is 6.71 Å². The van der Waals surface area contributed by atoms with Crippen LogP contribution in [-0.2, 0) is 0 Å². The van der Waals surface area contributed by atoms with Gasteiger partial charge in [-0.15, -0.1) is 0 Å². The Morgan fingerprint density at radius 3 is 0.962 bits per heavy atom. The van der Waals surface area contributed by atoms with Crippen LogP contribution in [0.5, 0.6) is 0 Å². The van der Waals surface area contributed by atoms with E-state index in [2.05, 4.69) is 348 Å². The lowest BCUT2D eigenvalue weighted by Crippen LogP contribution is -2.61. The number of rotatable bonds is 13. The largest absolute Gasteiger partial charge is 0.311 e. The number of aromatic nitrogens is 6. The smallest absolute Gasteiger partial charge is 0.252 e. The van der Waals surface area contributed by atoms with E-state index in [1.54, 1.807) is 0 Å². The second-order valence-electron chi connectivity index (χ2n) is 27.1. The summed E-state index contributed by atoms with van der Waals surface area (Å²) in [5, 5.41) is 2.17. The molecule has 3 aromatic heterocycles. The second kappa shape index (κ2) is 26.0. The molecule has 0 radical (unpaired) electrons. The topological polar surface area (TPSA) is 75.9 Å². The number of anilines is 6. The number of hydrogen-bond acceptors (Lipinski definition) is 7. The molecule has 0 N–H and O–H groups in total. The third kappa shape index (κ3) is 10.9. The van der Waals surface area contributed by atoms with Crippen molar-refractivity contribution in [3.63, 3.8) is 0 Å². The quantitative estimate of drug-likeness (QED) is 0.106. The molecule has 2 aliphatic rings. The first-order chi connectivity index (χ1) is 52.5. The highest BCUT2D eigenvalue weighted by Gasteiger charge is 2.44. The normalized spacial score (nSPS) is 12.1. The van der Waals surface area contributed by atoms with Gasteiger partial charge in [-0.3, -0.25) is 0 Å². The van der Waals surface area contributed by atoms with Crippen LogP contribution in [0, 0.1) is 0 Å². The molecule has 106 heavy (non-hydrogen) atoms. The van der Waals surface area contributed by atoms with E-state index in [9.17, 15) is 0 Å². The lowest BCUT2D eigenvalue weighted by atomic mass is 9.33. The molecule has 8 nitrogen and oxygen atoms in total. The first kappa shape index (κ1) is 61.7. The molecule has 20 rings (SSSR count). The zero-order valence-corrected chi connectivity index (χ0v) is 57.5. The van der Waals surface area contributed by atoms with Crippen LogP contribution in [0.3, 0.4) is 0 Å². The van der Waals surface area contributed by atoms with Crippen LogP contribution >= 0.6 is 0 Å².